The number of hydrogen-bond acceptors (Lipinski definition) is 3. The molecule has 0 atom stereocenters. The highest BCUT2D eigenvalue weighted by Crippen LogP contribution is 2.18. The van der Waals surface area contributed by atoms with Crippen LogP contribution in [-0.2, 0) is 10.0 Å². The number of H-pyrrole nitrogens is 1. The number of nitrogens with one attached hydrogen (secondary N) is 2. The van der Waals surface area contributed by atoms with E-state index in [0.29, 0.717) is 6.42 Å². The normalized spacial score (nSPS) is 12.9. The third-order valence-electron chi connectivity index (χ3n) is 2.32. The van der Waals surface area contributed by atoms with Gasteiger partial charge in [0, 0.05) is 18.0 Å². The Bertz CT molecular complexity index is 406. The molecule has 0 fully saturated rings. The van der Waals surface area contributed by atoms with Crippen LogP contribution in [0.4, 0.5) is 0 Å². The first-order chi connectivity index (χ1) is 7.49. The maximum Gasteiger partial charge on any atom is 0.244 e. The third kappa shape index (κ3) is 2.88. The first-order valence-electron chi connectivity index (χ1n) is 4.64. The fourth-order valence-corrected chi connectivity index (χ4v) is 3.41. The van der Waals surface area contributed by atoms with Gasteiger partial charge in [0.2, 0.25) is 10.0 Å². The summed E-state index contributed by atoms with van der Waals surface area (Å²) in [5.41, 5.74) is -0.820. The average Bonchev–Trinajstić information content (AvgIpc) is 2.80. The van der Waals surface area contributed by atoms with Gasteiger partial charge in [-0.25, -0.2) is 13.1 Å². The van der Waals surface area contributed by atoms with Gasteiger partial charge in [-0.2, -0.15) is 5.10 Å². The van der Waals surface area contributed by atoms with Crippen molar-refractivity contribution in [2.24, 2.45) is 0 Å². The summed E-state index contributed by atoms with van der Waals surface area (Å²) in [6.07, 6.45) is 3.04. The van der Waals surface area contributed by atoms with Crippen LogP contribution in [0, 0.1) is 0 Å². The summed E-state index contributed by atoms with van der Waals surface area (Å²) in [7, 11) is -3.62. The van der Waals surface area contributed by atoms with E-state index in [0.717, 1.165) is 0 Å². The van der Waals surface area contributed by atoms with Crippen LogP contribution in [0.15, 0.2) is 17.3 Å². The molecule has 0 spiro atoms. The zero-order valence-electron chi connectivity index (χ0n) is 8.70. The predicted octanol–water partition coefficient (Wildman–Crippen LogP) is 1.31. The minimum Gasteiger partial charge on any atom is -0.284 e. The fourth-order valence-electron chi connectivity index (χ4n) is 1.08. The van der Waals surface area contributed by atoms with Crippen molar-refractivity contribution in [3.63, 3.8) is 0 Å². The monoisotopic (exact) mass is 285 g/mol. The van der Waals surface area contributed by atoms with Gasteiger partial charge in [0.1, 0.15) is 4.90 Å². The van der Waals surface area contributed by atoms with Gasteiger partial charge in [0.25, 0.3) is 0 Å². The molecule has 0 aliphatic rings. The Morgan fingerprint density at radius 1 is 1.50 bits per heavy atom. The molecular weight excluding hydrogens is 273 g/mol. The van der Waals surface area contributed by atoms with E-state index in [2.05, 4.69) is 14.9 Å². The van der Waals surface area contributed by atoms with Crippen LogP contribution in [0.25, 0.3) is 0 Å². The molecule has 1 heterocycles. The first-order valence-corrected chi connectivity index (χ1v) is 7.19. The largest absolute Gasteiger partial charge is 0.284 e. The van der Waals surface area contributed by atoms with Gasteiger partial charge in [0.05, 0.1) is 11.7 Å². The number of sulfonamides is 1. The highest BCUT2D eigenvalue weighted by atomic mass is 35.5. The number of hydrogen-bond donors (Lipinski definition) is 2. The van der Waals surface area contributed by atoms with Crippen molar-refractivity contribution in [3.05, 3.63) is 12.4 Å². The highest BCUT2D eigenvalue weighted by Gasteiger charge is 2.32. The number of nitrogens with zero attached hydrogens (tertiary/aromatic N) is 1. The minimum absolute atomic E-state index is 0.0700. The van der Waals surface area contributed by atoms with Crippen molar-refractivity contribution >= 4 is 33.2 Å². The number of halogens is 2. The van der Waals surface area contributed by atoms with E-state index in [9.17, 15) is 8.42 Å². The summed E-state index contributed by atoms with van der Waals surface area (Å²) in [5.74, 6) is 0.230. The molecule has 0 aromatic carbocycles. The second kappa shape index (κ2) is 5.35. The average molecular weight is 286 g/mol. The van der Waals surface area contributed by atoms with E-state index < -0.39 is 15.6 Å². The summed E-state index contributed by atoms with van der Waals surface area (Å²) in [5, 5.41) is 6.03. The first kappa shape index (κ1) is 13.8. The molecule has 0 amide bonds. The van der Waals surface area contributed by atoms with Crippen LogP contribution < -0.4 is 4.72 Å². The quantitative estimate of drug-likeness (QED) is 0.774. The number of alkyl halides is 2. The smallest absolute Gasteiger partial charge is 0.244 e. The second-order valence-corrected chi connectivity index (χ2v) is 5.66. The van der Waals surface area contributed by atoms with Gasteiger partial charge in [-0.1, -0.05) is 6.92 Å². The fraction of sp³-hybridized carbons (Fsp3) is 0.625. The Kier molecular flexibility index (Phi) is 4.61. The Hall–Kier alpha value is -0.300. The number of aromatic amines is 1. The van der Waals surface area contributed by atoms with E-state index >= 15 is 0 Å². The van der Waals surface area contributed by atoms with E-state index in [1.165, 1.54) is 12.4 Å². The predicted molar refractivity (Wildman–Crippen MR) is 63.4 cm³/mol. The number of aromatic nitrogens is 2. The lowest BCUT2D eigenvalue weighted by Gasteiger charge is -2.28. The van der Waals surface area contributed by atoms with Gasteiger partial charge in [-0.05, 0) is 6.42 Å². The summed E-state index contributed by atoms with van der Waals surface area (Å²) in [6, 6.07) is 0. The summed E-state index contributed by atoms with van der Waals surface area (Å²) < 4.78 is 26.3. The molecule has 0 aliphatic heterocycles. The Morgan fingerprint density at radius 2 is 2.12 bits per heavy atom. The molecule has 0 unspecified atom stereocenters. The van der Waals surface area contributed by atoms with Crippen LogP contribution in [0.5, 0.6) is 0 Å². The summed E-state index contributed by atoms with van der Waals surface area (Å²) in [6.45, 7) is 1.82. The van der Waals surface area contributed by atoms with Crippen LogP contribution >= 0.6 is 23.2 Å². The highest BCUT2D eigenvalue weighted by molar-refractivity contribution is 7.89. The molecule has 0 radical (unpaired) electrons. The van der Waals surface area contributed by atoms with Crippen molar-refractivity contribution in [1.29, 1.82) is 0 Å². The van der Waals surface area contributed by atoms with Crippen molar-refractivity contribution in [3.8, 4) is 0 Å². The lowest BCUT2D eigenvalue weighted by Crippen LogP contribution is -2.51. The molecule has 5 nitrogen and oxygen atoms in total. The Morgan fingerprint density at radius 3 is 2.50 bits per heavy atom. The maximum absolute atomic E-state index is 11.9. The zero-order valence-corrected chi connectivity index (χ0v) is 11.0. The van der Waals surface area contributed by atoms with Crippen molar-refractivity contribution in [2.75, 3.05) is 11.8 Å². The van der Waals surface area contributed by atoms with E-state index in [4.69, 9.17) is 23.2 Å². The topological polar surface area (TPSA) is 74.8 Å². The van der Waals surface area contributed by atoms with Gasteiger partial charge >= 0.3 is 0 Å². The van der Waals surface area contributed by atoms with Gasteiger partial charge in [-0.15, -0.1) is 23.2 Å². The Balaban J connectivity index is 2.96. The molecule has 1 rings (SSSR count). The lowest BCUT2D eigenvalue weighted by molar-refractivity contribution is 0.449. The van der Waals surface area contributed by atoms with Crippen LogP contribution in [0.1, 0.15) is 13.3 Å². The molecule has 0 saturated heterocycles. The molecule has 8 heteroatoms. The lowest BCUT2D eigenvalue weighted by atomic mass is 10.0. The number of rotatable bonds is 6. The van der Waals surface area contributed by atoms with Gasteiger partial charge in [-0.3, -0.25) is 5.10 Å². The molecule has 1 aromatic rings. The molecule has 1 aromatic heterocycles. The molecule has 2 N–H and O–H groups in total. The van der Waals surface area contributed by atoms with E-state index in [1.54, 1.807) is 0 Å². The zero-order chi connectivity index (χ0) is 12.2. The molecule has 0 saturated carbocycles. The summed E-state index contributed by atoms with van der Waals surface area (Å²) in [4.78, 5) is 0.0700. The Labute approximate surface area is 105 Å². The van der Waals surface area contributed by atoms with Crippen LogP contribution in [-0.4, -0.2) is 35.9 Å². The summed E-state index contributed by atoms with van der Waals surface area (Å²) >= 11 is 11.5. The van der Waals surface area contributed by atoms with Crippen LogP contribution in [0.2, 0.25) is 0 Å². The molecule has 16 heavy (non-hydrogen) atoms. The second-order valence-electron chi connectivity index (χ2n) is 3.44. The van der Waals surface area contributed by atoms with Crippen molar-refractivity contribution in [1.82, 2.24) is 14.9 Å². The van der Waals surface area contributed by atoms with Gasteiger partial charge < -0.3 is 0 Å². The molecular formula is C8H13Cl2N3O2S. The maximum atomic E-state index is 11.9. The SMILES string of the molecule is CCC(CCl)(CCl)NS(=O)(=O)c1cn[nH]c1. The van der Waals surface area contributed by atoms with Crippen molar-refractivity contribution in [2.45, 2.75) is 23.8 Å². The van der Waals surface area contributed by atoms with Crippen LogP contribution in [0.3, 0.4) is 0 Å². The molecule has 0 aliphatic carbocycles. The van der Waals surface area contributed by atoms with Crippen molar-refractivity contribution < 1.29 is 8.42 Å². The van der Waals surface area contributed by atoms with Gasteiger partial charge in [0.15, 0.2) is 0 Å². The minimum atomic E-state index is -3.62. The molecule has 92 valence electrons. The van der Waals surface area contributed by atoms with E-state index in [1.807, 2.05) is 6.92 Å². The third-order valence-corrected chi connectivity index (χ3v) is 4.89. The standard InChI is InChI=1S/C8H13Cl2N3O2S/c1-2-8(5-9,6-10)13-16(14,15)7-3-11-12-4-7/h3-4,13H,2,5-6H2,1H3,(H,11,12). The molecule has 0 bridgehead atoms. The van der Waals surface area contributed by atoms with E-state index in [-0.39, 0.29) is 16.7 Å².